The van der Waals surface area contributed by atoms with Crippen LogP contribution in [0.1, 0.15) is 30.4 Å². The van der Waals surface area contributed by atoms with Crippen LogP contribution in [0, 0.1) is 11.3 Å². The molecule has 0 amide bonds. The lowest BCUT2D eigenvalue weighted by Crippen LogP contribution is -2.40. The third-order valence-corrected chi connectivity index (χ3v) is 4.29. The Morgan fingerprint density at radius 1 is 1.44 bits per heavy atom. The van der Waals surface area contributed by atoms with Crippen LogP contribution in [0.5, 0.6) is 0 Å². The van der Waals surface area contributed by atoms with E-state index in [0.29, 0.717) is 6.04 Å². The van der Waals surface area contributed by atoms with E-state index in [1.807, 2.05) is 6.07 Å². The van der Waals surface area contributed by atoms with Crippen molar-refractivity contribution in [2.75, 3.05) is 0 Å². The summed E-state index contributed by atoms with van der Waals surface area (Å²) in [7, 11) is 0. The summed E-state index contributed by atoms with van der Waals surface area (Å²) in [5, 5.41) is 13.0. The number of hydrogen-bond acceptors (Lipinski definition) is 2. The predicted octanol–water partition coefficient (Wildman–Crippen LogP) is 2.87. The van der Waals surface area contributed by atoms with Gasteiger partial charge in [-0.15, -0.1) is 0 Å². The molecule has 82 valence electrons. The van der Waals surface area contributed by atoms with E-state index in [9.17, 15) is 5.26 Å². The molecular weight excluding hydrogens is 264 g/mol. The number of fused-ring (bicyclic) bond motifs is 1. The molecule has 0 spiro atoms. The summed E-state index contributed by atoms with van der Waals surface area (Å²) in [5.74, 6) is 0. The average Bonchev–Trinajstić information content (AvgIpc) is 3.01. The van der Waals surface area contributed by atoms with E-state index >= 15 is 0 Å². The molecule has 1 aromatic rings. The Hall–Kier alpha value is -0.850. The zero-order valence-corrected chi connectivity index (χ0v) is 10.5. The zero-order valence-electron chi connectivity index (χ0n) is 8.96. The van der Waals surface area contributed by atoms with Gasteiger partial charge in [0.25, 0.3) is 0 Å². The van der Waals surface area contributed by atoms with Gasteiger partial charge in [0.15, 0.2) is 0 Å². The molecule has 0 radical (unpaired) electrons. The minimum Gasteiger partial charge on any atom is -0.293 e. The van der Waals surface area contributed by atoms with E-state index in [0.717, 1.165) is 17.3 Å². The molecule has 0 aliphatic heterocycles. The van der Waals surface area contributed by atoms with Crippen molar-refractivity contribution in [2.24, 2.45) is 0 Å². The van der Waals surface area contributed by atoms with E-state index in [-0.39, 0.29) is 0 Å². The molecule has 1 atom stereocenters. The molecule has 3 rings (SSSR count). The van der Waals surface area contributed by atoms with Gasteiger partial charge in [-0.05, 0) is 42.9 Å². The van der Waals surface area contributed by atoms with Crippen molar-refractivity contribution in [3.05, 3.63) is 33.8 Å². The van der Waals surface area contributed by atoms with Crippen LogP contribution >= 0.6 is 15.9 Å². The Kier molecular flexibility index (Phi) is 2.31. The Labute approximate surface area is 104 Å². The summed E-state index contributed by atoms with van der Waals surface area (Å²) in [6.07, 6.45) is 4.32. The Bertz CT molecular complexity index is 473. The maximum absolute atomic E-state index is 9.50. The van der Waals surface area contributed by atoms with E-state index in [4.69, 9.17) is 0 Å². The highest BCUT2D eigenvalue weighted by atomic mass is 79.9. The van der Waals surface area contributed by atoms with Gasteiger partial charge < -0.3 is 0 Å². The monoisotopic (exact) mass is 276 g/mol. The van der Waals surface area contributed by atoms with Crippen LogP contribution in [0.4, 0.5) is 0 Å². The summed E-state index contributed by atoms with van der Waals surface area (Å²) in [4.78, 5) is 0. The molecule has 0 bridgehead atoms. The Morgan fingerprint density at radius 3 is 2.94 bits per heavy atom. The number of nitrogens with one attached hydrogen (secondary N) is 1. The fraction of sp³-hybridized carbons (Fsp3) is 0.462. The van der Waals surface area contributed by atoms with Crippen molar-refractivity contribution in [1.29, 1.82) is 5.26 Å². The first kappa shape index (κ1) is 10.3. The largest absolute Gasteiger partial charge is 0.293 e. The number of rotatable bonds is 2. The number of benzene rings is 1. The Morgan fingerprint density at radius 2 is 2.25 bits per heavy atom. The minimum atomic E-state index is -0.430. The average molecular weight is 277 g/mol. The first-order chi connectivity index (χ1) is 7.75. The highest BCUT2D eigenvalue weighted by molar-refractivity contribution is 9.10. The summed E-state index contributed by atoms with van der Waals surface area (Å²) >= 11 is 3.57. The standard InChI is InChI=1S/C13H13BrN2/c14-12-3-1-2-11-10(12)6-7-13(11,8-15)16-9-4-5-9/h1-3,9,16H,4-7H2. The van der Waals surface area contributed by atoms with E-state index in [2.05, 4.69) is 39.4 Å². The van der Waals surface area contributed by atoms with Gasteiger partial charge in [-0.25, -0.2) is 0 Å². The molecular formula is C13H13BrN2. The first-order valence-electron chi connectivity index (χ1n) is 5.72. The van der Waals surface area contributed by atoms with Crippen LogP contribution < -0.4 is 5.32 Å². The smallest absolute Gasteiger partial charge is 0.133 e. The van der Waals surface area contributed by atoms with Gasteiger partial charge in [0.2, 0.25) is 0 Å². The third kappa shape index (κ3) is 1.49. The van der Waals surface area contributed by atoms with Gasteiger partial charge >= 0.3 is 0 Å². The predicted molar refractivity (Wildman–Crippen MR) is 65.9 cm³/mol. The molecule has 0 heterocycles. The summed E-state index contributed by atoms with van der Waals surface area (Å²) in [6.45, 7) is 0. The summed E-state index contributed by atoms with van der Waals surface area (Å²) in [5.41, 5.74) is 2.05. The van der Waals surface area contributed by atoms with Crippen molar-refractivity contribution in [3.63, 3.8) is 0 Å². The van der Waals surface area contributed by atoms with E-state index in [1.54, 1.807) is 0 Å². The Balaban J connectivity index is 2.05. The lowest BCUT2D eigenvalue weighted by molar-refractivity contribution is 0.421. The van der Waals surface area contributed by atoms with Crippen molar-refractivity contribution in [1.82, 2.24) is 5.32 Å². The molecule has 1 fully saturated rings. The zero-order chi connectivity index (χ0) is 11.2. The lowest BCUT2D eigenvalue weighted by atomic mass is 9.93. The molecule has 1 aromatic carbocycles. The summed E-state index contributed by atoms with van der Waals surface area (Å²) < 4.78 is 1.14. The van der Waals surface area contributed by atoms with E-state index in [1.165, 1.54) is 24.0 Å². The number of hydrogen-bond donors (Lipinski definition) is 1. The first-order valence-corrected chi connectivity index (χ1v) is 6.51. The van der Waals surface area contributed by atoms with Gasteiger partial charge in [-0.1, -0.05) is 28.1 Å². The van der Waals surface area contributed by atoms with Gasteiger partial charge in [0.1, 0.15) is 5.54 Å². The molecule has 0 saturated heterocycles. The van der Waals surface area contributed by atoms with E-state index < -0.39 is 5.54 Å². The van der Waals surface area contributed by atoms with Crippen LogP contribution in [0.15, 0.2) is 22.7 Å². The molecule has 1 unspecified atom stereocenters. The molecule has 1 N–H and O–H groups in total. The highest BCUT2D eigenvalue weighted by Crippen LogP contribution is 2.41. The topological polar surface area (TPSA) is 35.8 Å². The molecule has 16 heavy (non-hydrogen) atoms. The van der Waals surface area contributed by atoms with Gasteiger partial charge in [0.05, 0.1) is 6.07 Å². The fourth-order valence-corrected chi connectivity index (χ4v) is 3.10. The second-order valence-corrected chi connectivity index (χ2v) is 5.56. The second kappa shape index (κ2) is 3.58. The summed E-state index contributed by atoms with van der Waals surface area (Å²) in [6, 6.07) is 9.23. The molecule has 2 aliphatic rings. The number of halogens is 1. The SMILES string of the molecule is N#CC1(NC2CC2)CCc2c(Br)cccc21. The molecule has 1 saturated carbocycles. The van der Waals surface area contributed by atoms with Crippen LogP contribution in [0.25, 0.3) is 0 Å². The minimum absolute atomic E-state index is 0.430. The van der Waals surface area contributed by atoms with Crippen molar-refractivity contribution in [2.45, 2.75) is 37.3 Å². The maximum atomic E-state index is 9.50. The van der Waals surface area contributed by atoms with Crippen molar-refractivity contribution >= 4 is 15.9 Å². The van der Waals surface area contributed by atoms with Gasteiger partial charge in [0, 0.05) is 10.5 Å². The van der Waals surface area contributed by atoms with Gasteiger partial charge in [-0.3, -0.25) is 5.32 Å². The normalized spacial score (nSPS) is 27.5. The van der Waals surface area contributed by atoms with Crippen LogP contribution in [0.3, 0.4) is 0 Å². The number of nitriles is 1. The number of nitrogens with zero attached hydrogens (tertiary/aromatic N) is 1. The quantitative estimate of drug-likeness (QED) is 0.902. The highest BCUT2D eigenvalue weighted by Gasteiger charge is 2.43. The van der Waals surface area contributed by atoms with Crippen LogP contribution in [0.2, 0.25) is 0 Å². The molecule has 3 heteroatoms. The van der Waals surface area contributed by atoms with Crippen molar-refractivity contribution in [3.8, 4) is 6.07 Å². The van der Waals surface area contributed by atoms with Gasteiger partial charge in [-0.2, -0.15) is 5.26 Å². The molecule has 2 nitrogen and oxygen atoms in total. The second-order valence-electron chi connectivity index (χ2n) is 4.70. The lowest BCUT2D eigenvalue weighted by Gasteiger charge is -2.24. The molecule has 2 aliphatic carbocycles. The third-order valence-electron chi connectivity index (χ3n) is 3.55. The molecule has 0 aromatic heterocycles. The fourth-order valence-electron chi connectivity index (χ4n) is 2.53. The van der Waals surface area contributed by atoms with Crippen LogP contribution in [-0.4, -0.2) is 6.04 Å². The maximum Gasteiger partial charge on any atom is 0.133 e. The van der Waals surface area contributed by atoms with Crippen molar-refractivity contribution < 1.29 is 0 Å². The van der Waals surface area contributed by atoms with Crippen LogP contribution in [-0.2, 0) is 12.0 Å².